The Bertz CT molecular complexity index is 1400. The van der Waals surface area contributed by atoms with E-state index in [0.717, 1.165) is 76.3 Å². The molecule has 5 aliphatic carbocycles. The highest BCUT2D eigenvalue weighted by Crippen LogP contribution is 2.49. The summed E-state index contributed by atoms with van der Waals surface area (Å²) in [6.45, 7) is 2.09. The van der Waals surface area contributed by atoms with Crippen molar-refractivity contribution in [3.63, 3.8) is 0 Å². The Kier molecular flexibility index (Phi) is 16.2. The van der Waals surface area contributed by atoms with E-state index in [4.69, 9.17) is 10.5 Å². The second-order valence-electron chi connectivity index (χ2n) is 20.9. The molecule has 2 aliphatic heterocycles. The number of aliphatic hydroxyl groups is 4. The fourth-order valence-electron chi connectivity index (χ4n) is 13.9. The summed E-state index contributed by atoms with van der Waals surface area (Å²) in [7, 11) is 1.63. The van der Waals surface area contributed by atoms with Crippen LogP contribution in [0.5, 0.6) is 0 Å². The maximum Gasteiger partial charge on any atom is 0.150 e. The van der Waals surface area contributed by atoms with Crippen LogP contribution in [0.2, 0.25) is 0 Å². The van der Waals surface area contributed by atoms with Crippen molar-refractivity contribution < 1.29 is 45.4 Å². The number of unbranched alkanes of at least 4 members (excludes halogenated alkanes) is 1. The molecule has 0 aromatic carbocycles. The average Bonchev–Trinajstić information content (AvgIpc) is 3.28. The Labute approximate surface area is 349 Å². The van der Waals surface area contributed by atoms with Crippen molar-refractivity contribution >= 4 is 11.6 Å². The van der Waals surface area contributed by atoms with Gasteiger partial charge in [0.05, 0.1) is 56.1 Å². The van der Waals surface area contributed by atoms with Gasteiger partial charge in [-0.1, -0.05) is 50.4 Å². The van der Waals surface area contributed by atoms with E-state index in [0.29, 0.717) is 79.9 Å². The Morgan fingerprint density at radius 1 is 0.810 bits per heavy atom. The standard InChI is InChI=1S/C48H79N3O7/c1-58-47-23-34-14-17-43(54)38(42(53)9-5-2-6-29-20-36-12-15-37(52)25-41(36)51-28-29)16-13-33(40(34)27-46(47)57)22-44(55)45(56)26-39(35-18-19-50-48(49)24-35)32-11-10-30-7-3-4-8-31(30)21-32/h29-36,38-42,44-48,50-51,53,55-57H,2-12,14-15,17-28,49H2,1H3/p+2. The van der Waals surface area contributed by atoms with E-state index < -0.39 is 30.3 Å². The van der Waals surface area contributed by atoms with E-state index >= 15 is 0 Å². The molecule has 0 bridgehead atoms. The van der Waals surface area contributed by atoms with Crippen molar-refractivity contribution in [1.29, 1.82) is 0 Å². The second-order valence-corrected chi connectivity index (χ2v) is 20.9. The van der Waals surface area contributed by atoms with Gasteiger partial charge in [0.1, 0.15) is 23.7 Å². The molecule has 2 heterocycles. The number of ketones is 2. The first-order valence-electron chi connectivity index (χ1n) is 24.3. The lowest BCUT2D eigenvalue weighted by atomic mass is 9.61. The summed E-state index contributed by atoms with van der Waals surface area (Å²) in [6, 6.07) is 0.468. The largest absolute Gasteiger partial charge is 0.391 e. The summed E-state index contributed by atoms with van der Waals surface area (Å²) in [5.74, 6) is 10.3. The third-order valence-electron chi connectivity index (χ3n) is 17.3. The summed E-state index contributed by atoms with van der Waals surface area (Å²) in [5, 5.41) is 51.2. The summed E-state index contributed by atoms with van der Waals surface area (Å²) in [6.07, 6.45) is 17.7. The van der Waals surface area contributed by atoms with Gasteiger partial charge in [-0.3, -0.25) is 15.3 Å². The van der Waals surface area contributed by atoms with Crippen LogP contribution in [0.25, 0.3) is 0 Å². The van der Waals surface area contributed by atoms with Crippen LogP contribution >= 0.6 is 0 Å². The first kappa shape index (κ1) is 44.6. The minimum atomic E-state index is -0.976. The summed E-state index contributed by atoms with van der Waals surface area (Å²) in [4.78, 5) is 25.7. The van der Waals surface area contributed by atoms with Crippen LogP contribution < -0.4 is 16.4 Å². The number of rotatable bonds is 14. The molecule has 0 aromatic rings. The molecule has 0 radical (unpaired) electrons. The van der Waals surface area contributed by atoms with Gasteiger partial charge in [-0.15, -0.1) is 0 Å². The fraction of sp³-hybridized carbons (Fsp3) is 0.917. The lowest BCUT2D eigenvalue weighted by Crippen LogP contribution is -2.95. The molecule has 10 nitrogen and oxygen atoms in total. The molecule has 2 saturated heterocycles. The predicted molar refractivity (Wildman–Crippen MR) is 223 cm³/mol. The number of carbonyl (C=O) groups excluding carboxylic acids is 2. The number of hydrogen-bond acceptors (Lipinski definition) is 8. The number of fused-ring (bicyclic) bond motifs is 3. The van der Waals surface area contributed by atoms with E-state index in [2.05, 4.69) is 22.5 Å². The molecule has 58 heavy (non-hydrogen) atoms. The van der Waals surface area contributed by atoms with Crippen LogP contribution in [0.15, 0.2) is 0 Å². The first-order valence-corrected chi connectivity index (χ1v) is 24.3. The zero-order valence-electron chi connectivity index (χ0n) is 35.8. The van der Waals surface area contributed by atoms with Crippen LogP contribution in [-0.2, 0) is 14.3 Å². The molecule has 328 valence electrons. The van der Waals surface area contributed by atoms with Crippen LogP contribution in [0.1, 0.15) is 148 Å². The zero-order chi connectivity index (χ0) is 40.8. The molecular weight excluding hydrogens is 731 g/mol. The van der Waals surface area contributed by atoms with E-state index in [9.17, 15) is 30.0 Å². The summed E-state index contributed by atoms with van der Waals surface area (Å²) < 4.78 is 5.70. The SMILES string of the molecule is COC1CC2CCC(=O)C(C(O)CCCCC3C[NH2+]C4CC(=O)CCC4C3)C#CC(CC(O)C(O)CC(C3CC[NH2+]C(N)C3)C3CCC4CCCCC4C3)C2CC1O. The monoisotopic (exact) mass is 812 g/mol. The highest BCUT2D eigenvalue weighted by atomic mass is 16.5. The van der Waals surface area contributed by atoms with E-state index in [1.165, 1.54) is 51.4 Å². The van der Waals surface area contributed by atoms with E-state index in [-0.39, 0.29) is 42.2 Å². The van der Waals surface area contributed by atoms with Gasteiger partial charge in [0.25, 0.3) is 0 Å². The Morgan fingerprint density at radius 2 is 1.60 bits per heavy atom. The maximum absolute atomic E-state index is 13.8. The molecule has 18 atom stereocenters. The molecule has 7 aliphatic rings. The molecule has 7 rings (SSSR count). The quantitative estimate of drug-likeness (QED) is 0.103. The fourth-order valence-corrected chi connectivity index (χ4v) is 13.9. The first-order chi connectivity index (χ1) is 28.1. The Balaban J connectivity index is 1.00. The van der Waals surface area contributed by atoms with Gasteiger partial charge in [-0.25, -0.2) is 0 Å². The second kappa shape index (κ2) is 21.1. The summed E-state index contributed by atoms with van der Waals surface area (Å²) >= 11 is 0. The highest BCUT2D eigenvalue weighted by Gasteiger charge is 2.45. The third kappa shape index (κ3) is 11.3. The van der Waals surface area contributed by atoms with Gasteiger partial charge in [-0.2, -0.15) is 0 Å². The topological polar surface area (TPSA) is 184 Å². The molecule has 10 N–H and O–H groups in total. The predicted octanol–water partition coefficient (Wildman–Crippen LogP) is 3.21. The van der Waals surface area contributed by atoms with Crippen LogP contribution in [0.3, 0.4) is 0 Å². The summed E-state index contributed by atoms with van der Waals surface area (Å²) in [5.41, 5.74) is 6.51. The molecule has 10 heteroatoms. The molecule has 0 amide bonds. The maximum atomic E-state index is 13.8. The van der Waals surface area contributed by atoms with Crippen molar-refractivity contribution in [1.82, 2.24) is 0 Å². The van der Waals surface area contributed by atoms with Gasteiger partial charge < -0.3 is 35.8 Å². The smallest absolute Gasteiger partial charge is 0.150 e. The van der Waals surface area contributed by atoms with E-state index in [1.807, 2.05) is 0 Å². The minimum absolute atomic E-state index is 0.0155. The number of ether oxygens (including phenoxy) is 1. The van der Waals surface area contributed by atoms with Crippen LogP contribution in [0, 0.1) is 76.9 Å². The normalized spacial score (nSPS) is 41.8. The zero-order valence-corrected chi connectivity index (χ0v) is 35.8. The number of methoxy groups -OCH3 is 1. The number of hydrogen-bond donors (Lipinski definition) is 7. The molecule has 0 aromatic heterocycles. The average molecular weight is 812 g/mol. The van der Waals surface area contributed by atoms with Crippen molar-refractivity contribution in [2.24, 2.45) is 70.8 Å². The van der Waals surface area contributed by atoms with Crippen molar-refractivity contribution in [2.45, 2.75) is 190 Å². The van der Waals surface area contributed by atoms with Gasteiger partial charge in [-0.05, 0) is 125 Å². The van der Waals surface area contributed by atoms with Gasteiger partial charge in [0, 0.05) is 44.1 Å². The van der Waals surface area contributed by atoms with Gasteiger partial charge >= 0.3 is 0 Å². The van der Waals surface area contributed by atoms with Crippen LogP contribution in [0.4, 0.5) is 0 Å². The van der Waals surface area contributed by atoms with Crippen molar-refractivity contribution in [3.05, 3.63) is 0 Å². The lowest BCUT2D eigenvalue weighted by molar-refractivity contribution is -0.711. The molecular formula is C48H81N3O7+2. The highest BCUT2D eigenvalue weighted by molar-refractivity contribution is 5.84. The molecule has 0 spiro atoms. The minimum Gasteiger partial charge on any atom is -0.391 e. The number of Topliss-reactive ketones (excluding diaryl/α,β-unsaturated/α-hetero) is 2. The van der Waals surface area contributed by atoms with Crippen molar-refractivity contribution in [3.8, 4) is 11.8 Å². The lowest BCUT2D eigenvalue weighted by Gasteiger charge is -2.45. The Morgan fingerprint density at radius 3 is 2.41 bits per heavy atom. The van der Waals surface area contributed by atoms with Gasteiger partial charge in [0.15, 0.2) is 0 Å². The van der Waals surface area contributed by atoms with Crippen LogP contribution in [-0.4, -0.2) is 94.9 Å². The number of aliphatic hydroxyl groups excluding tert-OH is 4. The van der Waals surface area contributed by atoms with E-state index in [1.54, 1.807) is 7.11 Å². The van der Waals surface area contributed by atoms with Gasteiger partial charge in [0.2, 0.25) is 0 Å². The number of nitrogens with two attached hydrogens (primary N) is 3. The van der Waals surface area contributed by atoms with Crippen molar-refractivity contribution in [2.75, 3.05) is 20.2 Å². The molecule has 18 unspecified atom stereocenters. The molecule has 6 fully saturated rings. The number of piperidine rings is 2. The molecule has 4 saturated carbocycles. The Hall–Kier alpha value is -1.42. The third-order valence-corrected chi connectivity index (χ3v) is 17.3. The number of carbonyl (C=O) groups is 2. The number of quaternary nitrogens is 2.